The summed E-state index contributed by atoms with van der Waals surface area (Å²) in [6.07, 6.45) is 7.51. The molecule has 1 amide bonds. The van der Waals surface area contributed by atoms with Crippen molar-refractivity contribution in [3.63, 3.8) is 0 Å². The molecule has 4 rings (SSSR count). The molecule has 1 spiro atoms. The number of likely N-dealkylation sites (tertiary alicyclic amines) is 1. The number of nitrogens with zero attached hydrogens (tertiary/aromatic N) is 4. The fraction of sp³-hybridized carbons (Fsp3) is 0.722. The Morgan fingerprint density at radius 2 is 2.00 bits per heavy atom. The van der Waals surface area contributed by atoms with E-state index in [9.17, 15) is 4.79 Å². The SMILES string of the molecule is Cc1nc(C2CCCN2C)cc(N2CC3(CCCCC3)OC2=O)n1. The molecule has 0 N–H and O–H groups in total. The molecule has 3 heterocycles. The number of rotatable bonds is 2. The lowest BCUT2D eigenvalue weighted by atomic mass is 9.85. The van der Waals surface area contributed by atoms with Gasteiger partial charge in [-0.25, -0.2) is 14.8 Å². The molecule has 1 unspecified atom stereocenters. The summed E-state index contributed by atoms with van der Waals surface area (Å²) >= 11 is 0. The van der Waals surface area contributed by atoms with Crippen molar-refractivity contribution in [2.24, 2.45) is 0 Å². The fourth-order valence-corrected chi connectivity index (χ4v) is 4.42. The molecule has 1 aromatic heterocycles. The van der Waals surface area contributed by atoms with Crippen LogP contribution in [0, 0.1) is 6.92 Å². The molecule has 1 aliphatic carbocycles. The summed E-state index contributed by atoms with van der Waals surface area (Å²) in [5, 5.41) is 0. The highest BCUT2D eigenvalue weighted by molar-refractivity contribution is 5.89. The lowest BCUT2D eigenvalue weighted by molar-refractivity contribution is 0.0260. The summed E-state index contributed by atoms with van der Waals surface area (Å²) in [7, 11) is 2.13. The van der Waals surface area contributed by atoms with Gasteiger partial charge in [-0.05, 0) is 59.0 Å². The Morgan fingerprint density at radius 3 is 2.71 bits per heavy atom. The van der Waals surface area contributed by atoms with Crippen LogP contribution in [-0.4, -0.2) is 46.7 Å². The normalized spacial score (nSPS) is 27.0. The number of amides is 1. The lowest BCUT2D eigenvalue weighted by Gasteiger charge is -2.30. The molecule has 24 heavy (non-hydrogen) atoms. The largest absolute Gasteiger partial charge is 0.441 e. The highest BCUT2D eigenvalue weighted by Crippen LogP contribution is 2.39. The van der Waals surface area contributed by atoms with Crippen LogP contribution in [0.15, 0.2) is 6.07 Å². The second-order valence-electron chi connectivity index (χ2n) is 7.53. The second kappa shape index (κ2) is 5.99. The van der Waals surface area contributed by atoms with E-state index in [1.165, 1.54) is 12.8 Å². The zero-order chi connectivity index (χ0) is 16.7. The zero-order valence-corrected chi connectivity index (χ0v) is 14.6. The van der Waals surface area contributed by atoms with Gasteiger partial charge in [0.2, 0.25) is 0 Å². The van der Waals surface area contributed by atoms with Crippen LogP contribution in [-0.2, 0) is 4.74 Å². The van der Waals surface area contributed by atoms with Gasteiger partial charge in [-0.3, -0.25) is 9.80 Å². The first-order chi connectivity index (χ1) is 11.6. The maximum Gasteiger partial charge on any atom is 0.416 e. The standard InChI is InChI=1S/C18H26N4O2/c1-13-19-14(15-7-6-10-21(15)2)11-16(20-13)22-12-18(24-17(22)23)8-4-3-5-9-18/h11,15H,3-10,12H2,1-2H3. The molecule has 130 valence electrons. The van der Waals surface area contributed by atoms with Crippen LogP contribution >= 0.6 is 0 Å². The third kappa shape index (κ3) is 2.77. The van der Waals surface area contributed by atoms with Gasteiger partial charge in [0, 0.05) is 6.07 Å². The van der Waals surface area contributed by atoms with Gasteiger partial charge in [0.1, 0.15) is 17.2 Å². The molecular weight excluding hydrogens is 304 g/mol. The van der Waals surface area contributed by atoms with Crippen molar-refractivity contribution < 1.29 is 9.53 Å². The van der Waals surface area contributed by atoms with Crippen molar-refractivity contribution in [2.45, 2.75) is 63.5 Å². The molecule has 6 heteroatoms. The summed E-state index contributed by atoms with van der Waals surface area (Å²) < 4.78 is 5.80. The fourth-order valence-electron chi connectivity index (χ4n) is 4.42. The highest BCUT2D eigenvalue weighted by atomic mass is 16.6. The van der Waals surface area contributed by atoms with Crippen molar-refractivity contribution >= 4 is 11.9 Å². The van der Waals surface area contributed by atoms with E-state index in [4.69, 9.17) is 4.74 Å². The second-order valence-corrected chi connectivity index (χ2v) is 7.53. The summed E-state index contributed by atoms with van der Waals surface area (Å²) in [4.78, 5) is 25.7. The topological polar surface area (TPSA) is 58.6 Å². The van der Waals surface area contributed by atoms with E-state index in [1.807, 2.05) is 13.0 Å². The Bertz CT molecular complexity index is 642. The minimum atomic E-state index is -0.293. The van der Waals surface area contributed by atoms with Crippen molar-refractivity contribution in [1.82, 2.24) is 14.9 Å². The average molecular weight is 330 g/mol. The highest BCUT2D eigenvalue weighted by Gasteiger charge is 2.46. The van der Waals surface area contributed by atoms with Gasteiger partial charge in [-0.15, -0.1) is 0 Å². The molecule has 3 fully saturated rings. The number of carbonyl (C=O) groups excluding carboxylic acids is 1. The van der Waals surface area contributed by atoms with Crippen molar-refractivity contribution in [3.8, 4) is 0 Å². The van der Waals surface area contributed by atoms with E-state index in [0.29, 0.717) is 18.4 Å². The van der Waals surface area contributed by atoms with Gasteiger partial charge in [0.05, 0.1) is 18.3 Å². The smallest absolute Gasteiger partial charge is 0.416 e. The maximum atomic E-state index is 12.5. The third-order valence-corrected chi connectivity index (χ3v) is 5.72. The molecular formula is C18H26N4O2. The molecule has 0 radical (unpaired) electrons. The van der Waals surface area contributed by atoms with Crippen LogP contribution in [0.4, 0.5) is 10.6 Å². The first-order valence-electron chi connectivity index (χ1n) is 9.13. The van der Waals surface area contributed by atoms with E-state index < -0.39 is 0 Å². The summed E-state index contributed by atoms with van der Waals surface area (Å²) in [6, 6.07) is 2.32. The van der Waals surface area contributed by atoms with E-state index in [1.54, 1.807) is 4.90 Å². The minimum absolute atomic E-state index is 0.249. The first-order valence-corrected chi connectivity index (χ1v) is 9.13. The van der Waals surface area contributed by atoms with Gasteiger partial charge in [-0.2, -0.15) is 0 Å². The third-order valence-electron chi connectivity index (χ3n) is 5.72. The first kappa shape index (κ1) is 15.8. The molecule has 6 nitrogen and oxygen atoms in total. The minimum Gasteiger partial charge on any atom is -0.441 e. The van der Waals surface area contributed by atoms with Crippen molar-refractivity contribution in [2.75, 3.05) is 25.0 Å². The van der Waals surface area contributed by atoms with E-state index in [2.05, 4.69) is 21.9 Å². The Labute approximate surface area is 143 Å². The number of hydrogen-bond acceptors (Lipinski definition) is 5. The number of hydrogen-bond donors (Lipinski definition) is 0. The molecule has 3 aliphatic rings. The van der Waals surface area contributed by atoms with E-state index >= 15 is 0 Å². The van der Waals surface area contributed by atoms with Crippen molar-refractivity contribution in [1.29, 1.82) is 0 Å². The average Bonchev–Trinajstić information content (AvgIpc) is 3.11. The number of anilines is 1. The molecule has 1 aromatic rings. The maximum absolute atomic E-state index is 12.5. The quantitative estimate of drug-likeness (QED) is 0.833. The Hall–Kier alpha value is -1.69. The Kier molecular flexibility index (Phi) is 3.95. The van der Waals surface area contributed by atoms with E-state index in [-0.39, 0.29) is 11.7 Å². The van der Waals surface area contributed by atoms with Gasteiger partial charge < -0.3 is 4.74 Å². The molecule has 2 aliphatic heterocycles. The molecule has 1 saturated carbocycles. The van der Waals surface area contributed by atoms with Gasteiger partial charge in [0.15, 0.2) is 0 Å². The van der Waals surface area contributed by atoms with Crippen LogP contribution in [0.2, 0.25) is 0 Å². The number of aryl methyl sites for hydroxylation is 1. The molecule has 2 saturated heterocycles. The Balaban J connectivity index is 1.62. The van der Waals surface area contributed by atoms with Crippen LogP contribution in [0.5, 0.6) is 0 Å². The van der Waals surface area contributed by atoms with Crippen LogP contribution in [0.25, 0.3) is 0 Å². The molecule has 1 atom stereocenters. The summed E-state index contributed by atoms with van der Waals surface area (Å²) in [5.41, 5.74) is 0.730. The van der Waals surface area contributed by atoms with E-state index in [0.717, 1.165) is 50.2 Å². The molecule has 0 bridgehead atoms. The summed E-state index contributed by atoms with van der Waals surface area (Å²) in [5.74, 6) is 1.42. The molecule has 0 aromatic carbocycles. The van der Waals surface area contributed by atoms with Crippen molar-refractivity contribution in [3.05, 3.63) is 17.6 Å². The van der Waals surface area contributed by atoms with Crippen LogP contribution in [0.3, 0.4) is 0 Å². The van der Waals surface area contributed by atoms with Crippen LogP contribution in [0.1, 0.15) is 62.5 Å². The number of aromatic nitrogens is 2. The summed E-state index contributed by atoms with van der Waals surface area (Å²) in [6.45, 7) is 3.62. The predicted octanol–water partition coefficient (Wildman–Crippen LogP) is 3.21. The van der Waals surface area contributed by atoms with Gasteiger partial charge in [0.25, 0.3) is 0 Å². The lowest BCUT2D eigenvalue weighted by Crippen LogP contribution is -2.36. The van der Waals surface area contributed by atoms with Crippen LogP contribution < -0.4 is 4.90 Å². The van der Waals surface area contributed by atoms with Gasteiger partial charge >= 0.3 is 6.09 Å². The Morgan fingerprint density at radius 1 is 1.21 bits per heavy atom. The number of carbonyl (C=O) groups is 1. The zero-order valence-electron chi connectivity index (χ0n) is 14.6. The number of ether oxygens (including phenoxy) is 1. The predicted molar refractivity (Wildman–Crippen MR) is 91.0 cm³/mol. The van der Waals surface area contributed by atoms with Gasteiger partial charge in [-0.1, -0.05) is 6.42 Å². The monoisotopic (exact) mass is 330 g/mol.